The van der Waals surface area contributed by atoms with E-state index in [4.69, 9.17) is 16.3 Å². The maximum Gasteiger partial charge on any atom is 0.128 e. The Bertz CT molecular complexity index is 411. The number of halogens is 1. The van der Waals surface area contributed by atoms with Crippen LogP contribution in [0.25, 0.3) is 0 Å². The number of nitrogens with zero attached hydrogens (tertiary/aromatic N) is 3. The molecule has 2 saturated heterocycles. The highest BCUT2D eigenvalue weighted by Crippen LogP contribution is 2.23. The van der Waals surface area contributed by atoms with Crippen LogP contribution in [0.3, 0.4) is 0 Å². The fraction of sp³-hybridized carbons (Fsp3) is 0.615. The Morgan fingerprint density at radius 3 is 2.94 bits per heavy atom. The summed E-state index contributed by atoms with van der Waals surface area (Å²) in [6, 6.07) is 4.37. The lowest BCUT2D eigenvalue weighted by Crippen LogP contribution is -2.42. The number of hydrogen-bond donors (Lipinski definition) is 0. The Labute approximate surface area is 112 Å². The van der Waals surface area contributed by atoms with Gasteiger partial charge < -0.3 is 9.64 Å². The van der Waals surface area contributed by atoms with E-state index in [1.807, 2.05) is 12.1 Å². The second kappa shape index (κ2) is 5.03. The lowest BCUT2D eigenvalue weighted by atomic mass is 10.1. The van der Waals surface area contributed by atoms with E-state index in [1.165, 1.54) is 0 Å². The first-order valence-corrected chi connectivity index (χ1v) is 6.74. The molecule has 2 aliphatic heterocycles. The molecule has 0 spiro atoms. The van der Waals surface area contributed by atoms with Gasteiger partial charge in [0.15, 0.2) is 0 Å². The summed E-state index contributed by atoms with van der Waals surface area (Å²) in [6.07, 6.45) is 1.72. The maximum atomic E-state index is 5.89. The highest BCUT2D eigenvalue weighted by atomic mass is 35.5. The second-order valence-corrected chi connectivity index (χ2v) is 5.67. The van der Waals surface area contributed by atoms with Crippen LogP contribution in [0.5, 0.6) is 0 Å². The molecule has 0 radical (unpaired) electrons. The molecule has 3 heterocycles. The third kappa shape index (κ3) is 2.46. The lowest BCUT2D eigenvalue weighted by Gasteiger charge is -2.30. The van der Waals surface area contributed by atoms with Crippen LogP contribution in [0.2, 0.25) is 5.02 Å². The molecule has 0 amide bonds. The van der Waals surface area contributed by atoms with E-state index in [0.29, 0.717) is 17.0 Å². The fourth-order valence-electron chi connectivity index (χ4n) is 2.79. The maximum absolute atomic E-state index is 5.89. The lowest BCUT2D eigenvalue weighted by molar-refractivity contribution is 0.0930. The summed E-state index contributed by atoms with van der Waals surface area (Å²) in [6.45, 7) is 4.76. The normalized spacial score (nSPS) is 29.1. The van der Waals surface area contributed by atoms with E-state index < -0.39 is 0 Å². The van der Waals surface area contributed by atoms with Crippen molar-refractivity contribution in [3.8, 4) is 0 Å². The van der Waals surface area contributed by atoms with Crippen LogP contribution in [-0.2, 0) is 4.74 Å². The Kier molecular flexibility index (Phi) is 3.41. The highest BCUT2D eigenvalue weighted by molar-refractivity contribution is 6.30. The van der Waals surface area contributed by atoms with Crippen LogP contribution < -0.4 is 4.90 Å². The molecule has 98 valence electrons. The second-order valence-electron chi connectivity index (χ2n) is 5.24. The first-order valence-electron chi connectivity index (χ1n) is 6.37. The molecule has 0 saturated carbocycles. The van der Waals surface area contributed by atoms with Gasteiger partial charge in [0.05, 0.1) is 24.3 Å². The van der Waals surface area contributed by atoms with Crippen LogP contribution in [0.1, 0.15) is 0 Å². The number of aromatic nitrogens is 1. The van der Waals surface area contributed by atoms with Crippen molar-refractivity contribution in [2.75, 3.05) is 44.8 Å². The van der Waals surface area contributed by atoms with Crippen molar-refractivity contribution in [3.63, 3.8) is 0 Å². The predicted molar refractivity (Wildman–Crippen MR) is 72.2 cm³/mol. The van der Waals surface area contributed by atoms with Gasteiger partial charge in [-0.2, -0.15) is 0 Å². The summed E-state index contributed by atoms with van der Waals surface area (Å²) < 4.78 is 5.73. The summed E-state index contributed by atoms with van der Waals surface area (Å²) in [5.41, 5.74) is 0. The molecule has 2 bridgehead atoms. The predicted octanol–water partition coefficient (Wildman–Crippen LogP) is 1.50. The summed E-state index contributed by atoms with van der Waals surface area (Å²) in [4.78, 5) is 9.20. The number of pyridine rings is 1. The Hall–Kier alpha value is -0.840. The molecule has 2 fully saturated rings. The quantitative estimate of drug-likeness (QED) is 0.771. The smallest absolute Gasteiger partial charge is 0.128 e. The summed E-state index contributed by atoms with van der Waals surface area (Å²) in [5.74, 6) is 1.58. The van der Waals surface area contributed by atoms with Gasteiger partial charge in [-0.1, -0.05) is 11.6 Å². The molecule has 0 aromatic carbocycles. The van der Waals surface area contributed by atoms with Gasteiger partial charge in [0, 0.05) is 31.7 Å². The molecule has 5 heteroatoms. The van der Waals surface area contributed by atoms with Crippen LogP contribution in [0.4, 0.5) is 5.82 Å². The zero-order valence-corrected chi connectivity index (χ0v) is 11.3. The number of anilines is 1. The first kappa shape index (κ1) is 12.2. The average Bonchev–Trinajstić information content (AvgIpc) is 2.58. The minimum atomic E-state index is 0.454. The largest absolute Gasteiger partial charge is 0.379 e. The van der Waals surface area contributed by atoms with Crippen molar-refractivity contribution in [3.05, 3.63) is 23.4 Å². The first-order chi connectivity index (χ1) is 8.72. The molecule has 2 atom stereocenters. The van der Waals surface area contributed by atoms with Crippen molar-refractivity contribution in [2.45, 2.75) is 6.04 Å². The number of likely N-dealkylation sites (N-methyl/N-ethyl adjacent to an activating group) is 1. The van der Waals surface area contributed by atoms with Crippen LogP contribution >= 0.6 is 11.6 Å². The van der Waals surface area contributed by atoms with E-state index in [2.05, 4.69) is 21.8 Å². The van der Waals surface area contributed by atoms with Gasteiger partial charge in [-0.25, -0.2) is 4.98 Å². The van der Waals surface area contributed by atoms with E-state index >= 15 is 0 Å². The summed E-state index contributed by atoms with van der Waals surface area (Å²) >= 11 is 5.89. The standard InChI is InChI=1S/C13H18ClN3O/c1-16-5-10-6-17(7-12(16)9-18-8-10)13-3-2-11(14)4-15-13/h2-4,10,12H,5-9H2,1H3/t10-,12+/m1/s1. The van der Waals surface area contributed by atoms with Gasteiger partial charge in [0.2, 0.25) is 0 Å². The SMILES string of the molecule is CN1C[C@H]2COC[C@@H]1CN(c1ccc(Cl)cn1)C2. The number of fused-ring (bicyclic) bond motifs is 3. The van der Waals surface area contributed by atoms with Gasteiger partial charge in [-0.15, -0.1) is 0 Å². The van der Waals surface area contributed by atoms with E-state index in [1.54, 1.807) is 6.20 Å². The van der Waals surface area contributed by atoms with E-state index in [-0.39, 0.29) is 0 Å². The van der Waals surface area contributed by atoms with Gasteiger partial charge in [0.25, 0.3) is 0 Å². The molecule has 0 N–H and O–H groups in total. The van der Waals surface area contributed by atoms with Crippen LogP contribution in [0.15, 0.2) is 18.3 Å². The van der Waals surface area contributed by atoms with Crippen molar-refractivity contribution < 1.29 is 4.74 Å². The molecule has 1 aromatic rings. The van der Waals surface area contributed by atoms with Gasteiger partial charge >= 0.3 is 0 Å². The molecule has 2 aliphatic rings. The van der Waals surface area contributed by atoms with Crippen molar-refractivity contribution in [2.24, 2.45) is 5.92 Å². The molecule has 3 rings (SSSR count). The third-order valence-electron chi connectivity index (χ3n) is 3.78. The van der Waals surface area contributed by atoms with Crippen molar-refractivity contribution in [1.29, 1.82) is 0 Å². The number of rotatable bonds is 1. The zero-order chi connectivity index (χ0) is 12.5. The number of hydrogen-bond acceptors (Lipinski definition) is 4. The van der Waals surface area contributed by atoms with Crippen LogP contribution in [-0.4, -0.2) is 55.8 Å². The van der Waals surface area contributed by atoms with Gasteiger partial charge in [-0.05, 0) is 19.2 Å². The highest BCUT2D eigenvalue weighted by Gasteiger charge is 2.31. The van der Waals surface area contributed by atoms with Crippen LogP contribution in [0, 0.1) is 5.92 Å². The molecule has 0 unspecified atom stereocenters. The van der Waals surface area contributed by atoms with E-state index in [9.17, 15) is 0 Å². The average molecular weight is 268 g/mol. The molecular formula is C13H18ClN3O. The minimum absolute atomic E-state index is 0.454. The third-order valence-corrected chi connectivity index (χ3v) is 4.00. The minimum Gasteiger partial charge on any atom is -0.379 e. The summed E-state index contributed by atoms with van der Waals surface area (Å²) in [5, 5.41) is 0.689. The monoisotopic (exact) mass is 267 g/mol. The van der Waals surface area contributed by atoms with Gasteiger partial charge in [0.1, 0.15) is 5.82 Å². The molecule has 0 aliphatic carbocycles. The zero-order valence-electron chi connectivity index (χ0n) is 10.6. The fourth-order valence-corrected chi connectivity index (χ4v) is 2.90. The molecule has 18 heavy (non-hydrogen) atoms. The molecule has 4 nitrogen and oxygen atoms in total. The van der Waals surface area contributed by atoms with Crippen molar-refractivity contribution >= 4 is 17.4 Å². The molecule has 1 aromatic heterocycles. The Balaban J connectivity index is 1.83. The Morgan fingerprint density at radius 1 is 1.28 bits per heavy atom. The van der Waals surface area contributed by atoms with Crippen molar-refractivity contribution in [1.82, 2.24) is 9.88 Å². The molecular weight excluding hydrogens is 250 g/mol. The Morgan fingerprint density at radius 2 is 2.17 bits per heavy atom. The van der Waals surface area contributed by atoms with Gasteiger partial charge in [-0.3, -0.25) is 4.90 Å². The number of ether oxygens (including phenoxy) is 1. The van der Waals surface area contributed by atoms with E-state index in [0.717, 1.165) is 38.7 Å². The topological polar surface area (TPSA) is 28.6 Å². The summed E-state index contributed by atoms with van der Waals surface area (Å²) in [7, 11) is 2.19.